The summed E-state index contributed by atoms with van der Waals surface area (Å²) in [6.45, 7) is 0. The second-order valence-corrected chi connectivity index (χ2v) is 7.12. The van der Waals surface area contributed by atoms with Crippen LogP contribution < -0.4 is 5.32 Å². The molecule has 0 aromatic carbocycles. The van der Waals surface area contributed by atoms with Crippen LogP contribution in [0.3, 0.4) is 0 Å². The van der Waals surface area contributed by atoms with Crippen molar-refractivity contribution in [2.75, 3.05) is 12.8 Å². The number of rotatable bonds is 5. The van der Waals surface area contributed by atoms with Crippen molar-refractivity contribution in [3.05, 3.63) is 16.4 Å². The fourth-order valence-corrected chi connectivity index (χ4v) is 4.66. The largest absolute Gasteiger partial charge is 0.311 e. The Morgan fingerprint density at radius 1 is 1.50 bits per heavy atom. The fraction of sp³-hybridized carbons (Fsp3) is 0.769. The van der Waals surface area contributed by atoms with E-state index in [0.717, 1.165) is 15.5 Å². The van der Waals surface area contributed by atoms with E-state index in [1.54, 1.807) is 0 Å². The minimum atomic E-state index is 0.374. The Hall–Kier alpha value is 0. The lowest BCUT2D eigenvalue weighted by atomic mass is 10.0. The van der Waals surface area contributed by atoms with Gasteiger partial charge in [0, 0.05) is 18.1 Å². The summed E-state index contributed by atoms with van der Waals surface area (Å²) < 4.78 is 3.07. The van der Waals surface area contributed by atoms with Crippen molar-refractivity contribution in [3.8, 4) is 0 Å². The van der Waals surface area contributed by atoms with Gasteiger partial charge in [0.15, 0.2) is 0 Å². The van der Waals surface area contributed by atoms with Crippen molar-refractivity contribution in [2.45, 2.75) is 43.4 Å². The molecule has 1 aliphatic carbocycles. The molecule has 1 aliphatic rings. The maximum absolute atomic E-state index is 4.30. The van der Waals surface area contributed by atoms with Crippen LogP contribution in [0.1, 0.15) is 43.8 Å². The summed E-state index contributed by atoms with van der Waals surface area (Å²) in [6.07, 6.45) is 8.93. The molecule has 1 saturated carbocycles. The van der Waals surface area contributed by atoms with Gasteiger partial charge in [0.05, 0.1) is 22.4 Å². The van der Waals surface area contributed by atoms with Crippen molar-refractivity contribution in [1.29, 1.82) is 0 Å². The molecule has 1 unspecified atom stereocenters. The first-order valence-corrected chi connectivity index (χ1v) is 8.52. The number of aryl methyl sites for hydroxylation is 1. The molecule has 1 heterocycles. The third kappa shape index (κ3) is 3.52. The van der Waals surface area contributed by atoms with Crippen molar-refractivity contribution < 1.29 is 0 Å². The van der Waals surface area contributed by atoms with Crippen LogP contribution in [0.15, 0.2) is 10.7 Å². The molecule has 0 aliphatic heterocycles. The van der Waals surface area contributed by atoms with E-state index in [4.69, 9.17) is 0 Å². The number of thioether (sulfide) groups is 1. The number of nitrogens with one attached hydrogen (secondary N) is 1. The maximum atomic E-state index is 4.30. The van der Waals surface area contributed by atoms with Gasteiger partial charge in [-0.3, -0.25) is 4.68 Å². The van der Waals surface area contributed by atoms with Crippen LogP contribution >= 0.6 is 27.7 Å². The van der Waals surface area contributed by atoms with Gasteiger partial charge in [-0.25, -0.2) is 0 Å². The van der Waals surface area contributed by atoms with Crippen molar-refractivity contribution in [2.24, 2.45) is 7.05 Å². The molecule has 1 fully saturated rings. The van der Waals surface area contributed by atoms with Crippen molar-refractivity contribution in [3.63, 3.8) is 0 Å². The molecule has 2 rings (SSSR count). The summed E-state index contributed by atoms with van der Waals surface area (Å²) in [7, 11) is 4.04. The lowest BCUT2D eigenvalue weighted by Crippen LogP contribution is -2.23. The van der Waals surface area contributed by atoms with Crippen LogP contribution in [0.2, 0.25) is 0 Å². The molecule has 18 heavy (non-hydrogen) atoms. The Kier molecular flexibility index (Phi) is 5.57. The molecule has 1 atom stereocenters. The van der Waals surface area contributed by atoms with Gasteiger partial charge in [-0.05, 0) is 35.8 Å². The van der Waals surface area contributed by atoms with E-state index in [1.807, 2.05) is 25.0 Å². The van der Waals surface area contributed by atoms with Crippen LogP contribution in [0, 0.1) is 0 Å². The van der Waals surface area contributed by atoms with Gasteiger partial charge < -0.3 is 5.32 Å². The highest BCUT2D eigenvalue weighted by Gasteiger charge is 2.20. The average molecular weight is 332 g/mol. The molecule has 3 nitrogen and oxygen atoms in total. The Morgan fingerprint density at radius 3 is 2.78 bits per heavy atom. The molecule has 0 bridgehead atoms. The number of aromatic nitrogens is 2. The molecule has 0 amide bonds. The van der Waals surface area contributed by atoms with E-state index in [-0.39, 0.29) is 0 Å². The summed E-state index contributed by atoms with van der Waals surface area (Å²) in [5.74, 6) is 1.12. The van der Waals surface area contributed by atoms with Crippen LogP contribution in [-0.4, -0.2) is 27.8 Å². The Bertz CT molecular complexity index is 355. The van der Waals surface area contributed by atoms with Crippen LogP contribution in [-0.2, 0) is 7.05 Å². The summed E-state index contributed by atoms with van der Waals surface area (Å²) in [4.78, 5) is 0. The zero-order valence-electron chi connectivity index (χ0n) is 11.2. The zero-order valence-corrected chi connectivity index (χ0v) is 13.6. The van der Waals surface area contributed by atoms with Crippen LogP contribution in [0.5, 0.6) is 0 Å². The first-order chi connectivity index (χ1) is 8.72. The minimum absolute atomic E-state index is 0.374. The fourth-order valence-electron chi connectivity index (χ4n) is 2.58. The predicted octanol–water partition coefficient (Wildman–Crippen LogP) is 3.51. The highest BCUT2D eigenvalue weighted by molar-refractivity contribution is 9.10. The van der Waals surface area contributed by atoms with Gasteiger partial charge in [0.1, 0.15) is 0 Å². The molecular weight excluding hydrogens is 310 g/mol. The summed E-state index contributed by atoms with van der Waals surface area (Å²) in [5.41, 5.74) is 1.25. The third-order valence-corrected chi connectivity index (χ3v) is 5.75. The number of halogens is 1. The number of hydrogen-bond donors (Lipinski definition) is 1. The quantitative estimate of drug-likeness (QED) is 0.895. The second-order valence-electron chi connectivity index (χ2n) is 4.94. The molecule has 1 N–H and O–H groups in total. The zero-order chi connectivity index (χ0) is 13.0. The first kappa shape index (κ1) is 14.4. The average Bonchev–Trinajstić information content (AvgIpc) is 2.73. The summed E-state index contributed by atoms with van der Waals surface area (Å²) in [6, 6.07) is 0.374. The SMILES string of the molecule is CNC(CSC1CCCCC1)c1c(Br)cnn1C. The lowest BCUT2D eigenvalue weighted by molar-refractivity contribution is 0.513. The number of nitrogens with zero attached hydrogens (tertiary/aromatic N) is 2. The van der Waals surface area contributed by atoms with Crippen molar-refractivity contribution in [1.82, 2.24) is 15.1 Å². The standard InChI is InChI=1S/C13H22BrN3S/c1-15-12(13-11(14)8-16-17(13)2)9-18-10-6-4-3-5-7-10/h8,10,12,15H,3-7,9H2,1-2H3. The van der Waals surface area contributed by atoms with Gasteiger partial charge in [-0.1, -0.05) is 19.3 Å². The van der Waals surface area contributed by atoms with E-state index in [0.29, 0.717) is 6.04 Å². The highest BCUT2D eigenvalue weighted by Crippen LogP contribution is 2.32. The van der Waals surface area contributed by atoms with Gasteiger partial charge in [-0.2, -0.15) is 16.9 Å². The van der Waals surface area contributed by atoms with Crippen LogP contribution in [0.25, 0.3) is 0 Å². The third-order valence-electron chi connectivity index (χ3n) is 3.67. The molecule has 0 spiro atoms. The second kappa shape index (κ2) is 6.96. The molecule has 0 saturated heterocycles. The molecule has 102 valence electrons. The Morgan fingerprint density at radius 2 is 2.22 bits per heavy atom. The Labute approximate surface area is 122 Å². The van der Waals surface area contributed by atoms with E-state index in [2.05, 4.69) is 38.1 Å². The van der Waals surface area contributed by atoms with E-state index in [1.165, 1.54) is 37.8 Å². The summed E-state index contributed by atoms with van der Waals surface area (Å²) >= 11 is 5.71. The van der Waals surface area contributed by atoms with Crippen molar-refractivity contribution >= 4 is 27.7 Å². The highest BCUT2D eigenvalue weighted by atomic mass is 79.9. The normalized spacial score (nSPS) is 19.1. The lowest BCUT2D eigenvalue weighted by Gasteiger charge is -2.24. The molecular formula is C13H22BrN3S. The first-order valence-electron chi connectivity index (χ1n) is 6.68. The predicted molar refractivity (Wildman–Crippen MR) is 82.0 cm³/mol. The summed E-state index contributed by atoms with van der Waals surface area (Å²) in [5, 5.41) is 8.58. The topological polar surface area (TPSA) is 29.9 Å². The number of hydrogen-bond acceptors (Lipinski definition) is 3. The maximum Gasteiger partial charge on any atom is 0.0700 e. The van der Waals surface area contributed by atoms with Gasteiger partial charge in [0.25, 0.3) is 0 Å². The smallest absolute Gasteiger partial charge is 0.0700 e. The molecule has 1 aromatic rings. The van der Waals surface area contributed by atoms with E-state index in [9.17, 15) is 0 Å². The molecule has 5 heteroatoms. The van der Waals surface area contributed by atoms with Gasteiger partial charge in [-0.15, -0.1) is 0 Å². The van der Waals surface area contributed by atoms with Crippen LogP contribution in [0.4, 0.5) is 0 Å². The molecule has 1 aromatic heterocycles. The van der Waals surface area contributed by atoms with Gasteiger partial charge in [0.2, 0.25) is 0 Å². The monoisotopic (exact) mass is 331 g/mol. The molecule has 0 radical (unpaired) electrons. The Balaban J connectivity index is 1.93. The minimum Gasteiger partial charge on any atom is -0.311 e. The van der Waals surface area contributed by atoms with E-state index < -0.39 is 0 Å². The van der Waals surface area contributed by atoms with E-state index >= 15 is 0 Å². The van der Waals surface area contributed by atoms with Gasteiger partial charge >= 0.3 is 0 Å².